The molecule has 1 saturated carbocycles. The van der Waals surface area contributed by atoms with Gasteiger partial charge in [0.1, 0.15) is 0 Å². The zero-order chi connectivity index (χ0) is 6.53. The number of ether oxygens (including phenoxy) is 1. The number of hydrogen-bond donors (Lipinski definition) is 1. The first-order chi connectivity index (χ1) is 4.43. The van der Waals surface area contributed by atoms with Gasteiger partial charge in [-0.2, -0.15) is 0 Å². The number of nitrogens with one attached hydrogen (secondary N) is 1. The summed E-state index contributed by atoms with van der Waals surface area (Å²) in [6.07, 6.45) is 4.78. The molecule has 0 aliphatic heterocycles. The summed E-state index contributed by atoms with van der Waals surface area (Å²) in [4.78, 5) is 0. The van der Waals surface area contributed by atoms with Crippen LogP contribution in [0.2, 0.25) is 0 Å². The van der Waals surface area contributed by atoms with Crippen LogP contribution in [-0.2, 0) is 4.74 Å². The predicted molar refractivity (Wildman–Crippen MR) is 37.2 cm³/mol. The summed E-state index contributed by atoms with van der Waals surface area (Å²) in [6, 6.07) is 0.750. The number of methoxy groups -OCH3 is 1. The van der Waals surface area contributed by atoms with Crippen LogP contribution in [0.5, 0.6) is 0 Å². The van der Waals surface area contributed by atoms with Crippen molar-refractivity contribution in [1.82, 2.24) is 5.32 Å². The lowest BCUT2D eigenvalue weighted by atomic mass is 9.93. The fourth-order valence-electron chi connectivity index (χ4n) is 0.865. The zero-order valence-electron chi connectivity index (χ0n) is 5.89. The van der Waals surface area contributed by atoms with Crippen LogP contribution < -0.4 is 5.32 Å². The minimum atomic E-state index is 0.750. The van der Waals surface area contributed by atoms with Gasteiger partial charge in [0.15, 0.2) is 0 Å². The molecule has 1 aliphatic carbocycles. The normalized spacial score (nSPS) is 19.7. The van der Waals surface area contributed by atoms with Gasteiger partial charge in [0.05, 0.1) is 6.61 Å². The highest BCUT2D eigenvalue weighted by molar-refractivity contribution is 4.90. The van der Waals surface area contributed by atoms with Crippen LogP contribution in [0.3, 0.4) is 0 Å². The Morgan fingerprint density at radius 3 is 2.89 bits per heavy atom. The van der Waals surface area contributed by atoms with E-state index < -0.39 is 0 Å². The molecule has 0 spiro atoms. The fourth-order valence-corrected chi connectivity index (χ4v) is 0.865. The van der Waals surface area contributed by atoms with Crippen LogP contribution in [0.4, 0.5) is 0 Å². The van der Waals surface area contributed by atoms with E-state index in [0.717, 1.165) is 19.2 Å². The first-order valence-corrected chi connectivity index (χ1v) is 3.47. The smallest absolute Gasteiger partial charge is 0.0587 e. The molecule has 0 aromatic carbocycles. The maximum absolute atomic E-state index is 4.89. The van der Waals surface area contributed by atoms with Crippen molar-refractivity contribution in [2.75, 3.05) is 20.3 Å². The third kappa shape index (κ3) is 2.33. The minimum absolute atomic E-state index is 0.750. The molecule has 0 atom stereocenters. The van der Waals surface area contributed by atoms with Gasteiger partial charge in [-0.1, -0.05) is 0 Å². The first-order valence-electron chi connectivity index (χ1n) is 3.47. The summed E-state index contributed by atoms with van der Waals surface area (Å²) in [5, 5.41) is 3.36. The Balaban J connectivity index is 1.80. The fraction of sp³-hybridized carbons (Fsp3) is 0.857. The molecule has 53 valence electrons. The Bertz CT molecular complexity index is 71.3. The van der Waals surface area contributed by atoms with Gasteiger partial charge in [0, 0.05) is 19.7 Å². The lowest BCUT2D eigenvalue weighted by Gasteiger charge is -2.25. The van der Waals surface area contributed by atoms with E-state index in [1.807, 2.05) is 0 Å². The van der Waals surface area contributed by atoms with Gasteiger partial charge in [-0.3, -0.25) is 0 Å². The average Bonchev–Trinajstić information content (AvgIpc) is 1.76. The van der Waals surface area contributed by atoms with E-state index in [4.69, 9.17) is 4.74 Å². The van der Waals surface area contributed by atoms with E-state index in [-0.39, 0.29) is 0 Å². The maximum Gasteiger partial charge on any atom is 0.0587 e. The summed E-state index contributed by atoms with van der Waals surface area (Å²) in [5.41, 5.74) is 0. The summed E-state index contributed by atoms with van der Waals surface area (Å²) in [7, 11) is 1.73. The second-order valence-corrected chi connectivity index (χ2v) is 2.40. The molecular formula is C7H14NO. The molecule has 1 fully saturated rings. The quantitative estimate of drug-likeness (QED) is 0.559. The second kappa shape index (κ2) is 3.85. The van der Waals surface area contributed by atoms with E-state index in [9.17, 15) is 0 Å². The van der Waals surface area contributed by atoms with Crippen molar-refractivity contribution in [3.8, 4) is 0 Å². The van der Waals surface area contributed by atoms with Crippen LogP contribution in [-0.4, -0.2) is 26.3 Å². The molecule has 0 heterocycles. The van der Waals surface area contributed by atoms with Gasteiger partial charge < -0.3 is 10.1 Å². The molecule has 0 bridgehead atoms. The molecule has 0 aromatic heterocycles. The molecule has 0 saturated heterocycles. The first kappa shape index (κ1) is 7.03. The van der Waals surface area contributed by atoms with Gasteiger partial charge in [-0.25, -0.2) is 0 Å². The monoisotopic (exact) mass is 128 g/mol. The van der Waals surface area contributed by atoms with Crippen molar-refractivity contribution in [2.24, 2.45) is 0 Å². The van der Waals surface area contributed by atoms with E-state index in [0.29, 0.717) is 0 Å². The molecule has 1 N–H and O–H groups in total. The van der Waals surface area contributed by atoms with Crippen LogP contribution in [0.15, 0.2) is 0 Å². The zero-order valence-corrected chi connectivity index (χ0v) is 5.89. The molecule has 0 unspecified atom stereocenters. The standard InChI is InChI=1S/C7H14NO/c1-9-6-5-8-7-3-2-4-7/h2,7-8H,3-6H2,1H3. The van der Waals surface area contributed by atoms with Crippen molar-refractivity contribution in [3.05, 3.63) is 6.42 Å². The summed E-state index contributed by atoms with van der Waals surface area (Å²) in [5.74, 6) is 0. The molecule has 2 nitrogen and oxygen atoms in total. The Kier molecular flexibility index (Phi) is 3.01. The van der Waals surface area contributed by atoms with E-state index in [2.05, 4.69) is 11.7 Å². The van der Waals surface area contributed by atoms with Crippen molar-refractivity contribution in [2.45, 2.75) is 18.9 Å². The Hall–Kier alpha value is -0.0800. The molecule has 0 amide bonds. The number of rotatable bonds is 4. The summed E-state index contributed by atoms with van der Waals surface area (Å²) >= 11 is 0. The van der Waals surface area contributed by atoms with E-state index in [1.54, 1.807) is 7.11 Å². The molecule has 9 heavy (non-hydrogen) atoms. The van der Waals surface area contributed by atoms with Crippen LogP contribution in [0.25, 0.3) is 0 Å². The lowest BCUT2D eigenvalue weighted by molar-refractivity contribution is 0.192. The molecule has 1 radical (unpaired) electrons. The SMILES string of the molecule is COCCNC1C[CH]C1. The van der Waals surface area contributed by atoms with Crippen LogP contribution in [0.1, 0.15) is 12.8 Å². The van der Waals surface area contributed by atoms with Gasteiger partial charge >= 0.3 is 0 Å². The maximum atomic E-state index is 4.89. The molecule has 1 aliphatic rings. The van der Waals surface area contributed by atoms with Crippen molar-refractivity contribution >= 4 is 0 Å². The highest BCUT2D eigenvalue weighted by Gasteiger charge is 2.15. The van der Waals surface area contributed by atoms with Crippen LogP contribution in [0, 0.1) is 6.42 Å². The van der Waals surface area contributed by atoms with Crippen molar-refractivity contribution in [1.29, 1.82) is 0 Å². The van der Waals surface area contributed by atoms with Gasteiger partial charge in [-0.15, -0.1) is 0 Å². The van der Waals surface area contributed by atoms with Crippen molar-refractivity contribution < 1.29 is 4.74 Å². The van der Waals surface area contributed by atoms with Gasteiger partial charge in [-0.05, 0) is 19.3 Å². The van der Waals surface area contributed by atoms with E-state index in [1.165, 1.54) is 12.8 Å². The van der Waals surface area contributed by atoms with Crippen LogP contribution >= 0.6 is 0 Å². The average molecular weight is 128 g/mol. The third-order valence-corrected chi connectivity index (χ3v) is 1.64. The molecule has 2 heteroatoms. The Morgan fingerprint density at radius 2 is 2.44 bits per heavy atom. The molecular weight excluding hydrogens is 114 g/mol. The number of hydrogen-bond acceptors (Lipinski definition) is 2. The topological polar surface area (TPSA) is 21.3 Å². The molecule has 0 aromatic rings. The predicted octanol–water partition coefficient (Wildman–Crippen LogP) is 0.589. The van der Waals surface area contributed by atoms with Gasteiger partial charge in [0.25, 0.3) is 0 Å². The Labute approximate surface area is 56.6 Å². The molecule has 1 rings (SSSR count). The summed E-state index contributed by atoms with van der Waals surface area (Å²) in [6.45, 7) is 1.82. The summed E-state index contributed by atoms with van der Waals surface area (Å²) < 4.78 is 4.89. The lowest BCUT2D eigenvalue weighted by Crippen LogP contribution is -2.37. The third-order valence-electron chi connectivity index (χ3n) is 1.64. The highest BCUT2D eigenvalue weighted by Crippen LogP contribution is 2.15. The minimum Gasteiger partial charge on any atom is -0.383 e. The van der Waals surface area contributed by atoms with Crippen molar-refractivity contribution in [3.63, 3.8) is 0 Å². The second-order valence-electron chi connectivity index (χ2n) is 2.40. The van der Waals surface area contributed by atoms with E-state index >= 15 is 0 Å². The largest absolute Gasteiger partial charge is 0.383 e. The highest BCUT2D eigenvalue weighted by atomic mass is 16.5. The van der Waals surface area contributed by atoms with Gasteiger partial charge in [0.2, 0.25) is 0 Å². The Morgan fingerprint density at radius 1 is 1.67 bits per heavy atom.